The number of nitriles is 1. The Labute approximate surface area is 130 Å². The molecule has 0 atom stereocenters. The van der Waals surface area contributed by atoms with Crippen LogP contribution in [-0.2, 0) is 16.2 Å². The lowest BCUT2D eigenvalue weighted by molar-refractivity contribution is 0.445. The molecule has 2 heteroatoms. The second kappa shape index (κ2) is 5.37. The lowest BCUT2D eigenvalue weighted by Crippen LogP contribution is -2.22. The zero-order valence-electron chi connectivity index (χ0n) is 15.0. The molecule has 0 bridgehead atoms. The van der Waals surface area contributed by atoms with E-state index >= 15 is 0 Å². The van der Waals surface area contributed by atoms with Gasteiger partial charge in [0.1, 0.15) is 5.75 Å². The van der Waals surface area contributed by atoms with Crippen molar-refractivity contribution in [3.63, 3.8) is 0 Å². The van der Waals surface area contributed by atoms with Gasteiger partial charge in [0.15, 0.2) is 0 Å². The van der Waals surface area contributed by atoms with Crippen LogP contribution in [0.2, 0.25) is 0 Å². The topological polar surface area (TPSA) is 33.0 Å². The van der Waals surface area contributed by atoms with E-state index in [1.54, 1.807) is 0 Å². The normalized spacial score (nSPS) is 13.0. The van der Waals surface area contributed by atoms with Crippen LogP contribution in [0.4, 0.5) is 0 Å². The molecule has 1 rings (SSSR count). The van der Waals surface area contributed by atoms with Crippen molar-refractivity contribution in [3.8, 4) is 12.0 Å². The second-order valence-electron chi connectivity index (χ2n) is 8.84. The summed E-state index contributed by atoms with van der Waals surface area (Å²) in [5, 5.41) is 9.06. The van der Waals surface area contributed by atoms with E-state index in [1.807, 2.05) is 6.26 Å². The van der Waals surface area contributed by atoms with Gasteiger partial charge in [-0.25, -0.2) is 0 Å². The number of hydrogen-bond acceptors (Lipinski definition) is 2. The van der Waals surface area contributed by atoms with Crippen LogP contribution in [0, 0.1) is 11.5 Å². The molecule has 0 aliphatic heterocycles. The van der Waals surface area contributed by atoms with Gasteiger partial charge < -0.3 is 4.74 Å². The molecule has 0 heterocycles. The van der Waals surface area contributed by atoms with E-state index < -0.39 is 0 Å². The molecule has 0 unspecified atom stereocenters. The van der Waals surface area contributed by atoms with Crippen LogP contribution in [0.1, 0.15) is 79.0 Å². The van der Waals surface area contributed by atoms with Gasteiger partial charge in [-0.3, -0.25) is 0 Å². The first kappa shape index (κ1) is 17.6. The summed E-state index contributed by atoms with van der Waals surface area (Å²) in [5.41, 5.74) is 3.39. The number of benzene rings is 1. The van der Waals surface area contributed by atoms with E-state index in [4.69, 9.17) is 10.00 Å². The summed E-state index contributed by atoms with van der Waals surface area (Å²) in [6.45, 7) is 19.6. The van der Waals surface area contributed by atoms with E-state index in [-0.39, 0.29) is 16.2 Å². The van der Waals surface area contributed by atoms with Gasteiger partial charge in [-0.2, -0.15) is 0 Å². The lowest BCUT2D eigenvalue weighted by atomic mass is 9.75. The maximum Gasteiger partial charge on any atom is 0.292 e. The zero-order chi connectivity index (χ0) is 16.6. The van der Waals surface area contributed by atoms with Crippen LogP contribution in [0.15, 0.2) is 12.1 Å². The van der Waals surface area contributed by atoms with Gasteiger partial charge in [0.25, 0.3) is 6.26 Å². The summed E-state index contributed by atoms with van der Waals surface area (Å²) in [6, 6.07) is 4.39. The third-order valence-corrected chi connectivity index (χ3v) is 3.72. The first-order valence-electron chi connectivity index (χ1n) is 7.54. The van der Waals surface area contributed by atoms with Gasteiger partial charge in [-0.15, -0.1) is 5.26 Å². The molecule has 0 amide bonds. The van der Waals surface area contributed by atoms with Gasteiger partial charge in [0.05, 0.1) is 0 Å². The Balaban J connectivity index is 3.80. The van der Waals surface area contributed by atoms with Gasteiger partial charge in [-0.05, 0) is 21.8 Å². The minimum atomic E-state index is -0.0759. The quantitative estimate of drug-likeness (QED) is 0.644. The fraction of sp³-hybridized carbons (Fsp3) is 0.632. The summed E-state index contributed by atoms with van der Waals surface area (Å²) in [5.74, 6) is 0.727. The van der Waals surface area contributed by atoms with Gasteiger partial charge in [-0.1, -0.05) is 74.4 Å². The highest BCUT2D eigenvalue weighted by Crippen LogP contribution is 2.42. The zero-order valence-corrected chi connectivity index (χ0v) is 15.0. The van der Waals surface area contributed by atoms with Crippen LogP contribution < -0.4 is 4.74 Å². The highest BCUT2D eigenvalue weighted by Gasteiger charge is 2.30. The second-order valence-corrected chi connectivity index (χ2v) is 8.84. The fourth-order valence-corrected chi connectivity index (χ4v) is 2.33. The van der Waals surface area contributed by atoms with Crippen molar-refractivity contribution in [3.05, 3.63) is 28.8 Å². The Morgan fingerprint density at radius 3 is 1.38 bits per heavy atom. The molecule has 0 N–H and O–H groups in total. The van der Waals surface area contributed by atoms with Gasteiger partial charge in [0, 0.05) is 11.1 Å². The molecule has 0 fully saturated rings. The predicted molar refractivity (Wildman–Crippen MR) is 88.8 cm³/mol. The van der Waals surface area contributed by atoms with Gasteiger partial charge in [0.2, 0.25) is 0 Å². The summed E-state index contributed by atoms with van der Waals surface area (Å²) < 4.78 is 5.39. The summed E-state index contributed by atoms with van der Waals surface area (Å²) >= 11 is 0. The summed E-state index contributed by atoms with van der Waals surface area (Å²) in [4.78, 5) is 0. The van der Waals surface area contributed by atoms with E-state index in [0.29, 0.717) is 0 Å². The molecule has 0 spiro atoms. The third-order valence-electron chi connectivity index (χ3n) is 3.72. The van der Waals surface area contributed by atoms with Crippen molar-refractivity contribution in [1.82, 2.24) is 0 Å². The number of rotatable bonds is 1. The monoisotopic (exact) mass is 287 g/mol. The Morgan fingerprint density at radius 2 is 1.14 bits per heavy atom. The van der Waals surface area contributed by atoms with Crippen LogP contribution >= 0.6 is 0 Å². The van der Waals surface area contributed by atoms with Gasteiger partial charge >= 0.3 is 0 Å². The van der Waals surface area contributed by atoms with E-state index in [0.717, 1.165) is 16.9 Å². The number of ether oxygens (including phenoxy) is 1. The van der Waals surface area contributed by atoms with Crippen LogP contribution in [0.5, 0.6) is 5.75 Å². The molecule has 116 valence electrons. The van der Waals surface area contributed by atoms with Crippen molar-refractivity contribution in [1.29, 1.82) is 5.26 Å². The lowest BCUT2D eigenvalue weighted by Gasteiger charge is -2.31. The van der Waals surface area contributed by atoms with E-state index in [9.17, 15) is 0 Å². The molecule has 1 aromatic carbocycles. The Morgan fingerprint density at radius 1 is 0.762 bits per heavy atom. The molecule has 0 aliphatic rings. The van der Waals surface area contributed by atoms with E-state index in [2.05, 4.69) is 74.4 Å². The SMILES string of the molecule is CC(C)(C)c1cc(C(C)(C)C)c(OC#N)c(C(C)(C)C)c1. The molecular formula is C19H29NO. The molecule has 0 radical (unpaired) electrons. The van der Waals surface area contributed by atoms with Crippen LogP contribution in [0.3, 0.4) is 0 Å². The first-order valence-corrected chi connectivity index (χ1v) is 7.54. The minimum Gasteiger partial charge on any atom is -0.387 e. The van der Waals surface area contributed by atoms with Crippen LogP contribution in [0.25, 0.3) is 0 Å². The number of nitrogens with zero attached hydrogens (tertiary/aromatic N) is 1. The van der Waals surface area contributed by atoms with E-state index in [1.165, 1.54) is 5.56 Å². The maximum absolute atomic E-state index is 9.06. The molecule has 0 saturated heterocycles. The Hall–Kier alpha value is -1.49. The largest absolute Gasteiger partial charge is 0.387 e. The van der Waals surface area contributed by atoms with Crippen molar-refractivity contribution in [2.24, 2.45) is 0 Å². The summed E-state index contributed by atoms with van der Waals surface area (Å²) in [7, 11) is 0. The Kier molecular flexibility index (Phi) is 4.49. The average molecular weight is 287 g/mol. The van der Waals surface area contributed by atoms with Crippen molar-refractivity contribution >= 4 is 0 Å². The molecule has 1 aromatic rings. The molecule has 0 aromatic heterocycles. The van der Waals surface area contributed by atoms with Crippen molar-refractivity contribution < 1.29 is 4.74 Å². The first-order chi connectivity index (χ1) is 9.28. The predicted octanol–water partition coefficient (Wildman–Crippen LogP) is 5.44. The van der Waals surface area contributed by atoms with Crippen LogP contribution in [-0.4, -0.2) is 0 Å². The molecule has 21 heavy (non-hydrogen) atoms. The summed E-state index contributed by atoms with van der Waals surface area (Å²) in [6.07, 6.45) is 1.87. The highest BCUT2D eigenvalue weighted by atomic mass is 16.5. The van der Waals surface area contributed by atoms with Crippen molar-refractivity contribution in [2.75, 3.05) is 0 Å². The molecule has 2 nitrogen and oxygen atoms in total. The standard InChI is InChI=1S/C19H29NO/c1-17(2,3)13-10-14(18(4,5)6)16(21-12-20)15(11-13)19(7,8)9/h10-11H,1-9H3. The molecular weight excluding hydrogens is 258 g/mol. The number of hydrogen-bond donors (Lipinski definition) is 0. The Bertz CT molecular complexity index is 522. The molecule has 0 saturated carbocycles. The maximum atomic E-state index is 9.06. The minimum absolute atomic E-state index is 0.0607. The average Bonchev–Trinajstić information content (AvgIpc) is 2.24. The third kappa shape index (κ3) is 4.00. The fourth-order valence-electron chi connectivity index (χ4n) is 2.33. The highest BCUT2D eigenvalue weighted by molar-refractivity contribution is 5.52. The smallest absolute Gasteiger partial charge is 0.292 e. The van der Waals surface area contributed by atoms with Crippen molar-refractivity contribution in [2.45, 2.75) is 78.6 Å². The molecule has 0 aliphatic carbocycles.